The average Bonchev–Trinajstić information content (AvgIpc) is 3.89. The van der Waals surface area contributed by atoms with Gasteiger partial charge < -0.3 is 19.7 Å². The molecule has 56 heavy (non-hydrogen) atoms. The van der Waals surface area contributed by atoms with E-state index < -0.39 is 11.7 Å². The Morgan fingerprint density at radius 3 is 2.48 bits per heavy atom. The second-order valence-electron chi connectivity index (χ2n) is 16.3. The van der Waals surface area contributed by atoms with E-state index in [9.17, 15) is 19.2 Å². The third-order valence-electron chi connectivity index (χ3n) is 12.7. The molecule has 1 saturated carbocycles. The first kappa shape index (κ1) is 37.6. The highest BCUT2D eigenvalue weighted by Gasteiger charge is 2.40. The van der Waals surface area contributed by atoms with Crippen molar-refractivity contribution in [1.29, 1.82) is 0 Å². The number of aryl methyl sites for hydroxylation is 1. The van der Waals surface area contributed by atoms with E-state index in [-0.39, 0.29) is 47.2 Å². The molecular weight excluding hydrogens is 717 g/mol. The summed E-state index contributed by atoms with van der Waals surface area (Å²) in [4.78, 5) is 58.8. The molecule has 294 valence electrons. The predicted octanol–water partition coefficient (Wildman–Crippen LogP) is 6.52. The minimum Gasteiger partial charge on any atom is -0.369 e. The van der Waals surface area contributed by atoms with Crippen LogP contribution in [-0.2, 0) is 20.9 Å². The number of halogens is 2. The van der Waals surface area contributed by atoms with E-state index in [0.29, 0.717) is 66.9 Å². The molecule has 3 fully saturated rings. The van der Waals surface area contributed by atoms with Crippen molar-refractivity contribution in [2.75, 3.05) is 45.2 Å². The molecular formula is C43H49F2N7O4. The van der Waals surface area contributed by atoms with Gasteiger partial charge in [0.15, 0.2) is 5.82 Å². The van der Waals surface area contributed by atoms with Crippen LogP contribution in [0.3, 0.4) is 0 Å². The van der Waals surface area contributed by atoms with Gasteiger partial charge in [-0.25, -0.2) is 8.78 Å². The molecule has 1 unspecified atom stereocenters. The standard InChI is InChI=1S/C43H49F2N7O4/c1-49(2)42(56)35-25-33-31(24-32(39(45)40(33)47-35)29-5-3-18-51(26-29)38(54)12-20-52-19-4-17-46-52)27-10-13-43(14-11-27)15-21-50(22-16-43)36-8-6-28(23-34(36)44)30-7-9-37(53)48-41(30)55/h4-6,8,17,19,23-25,27,30,47H,3,7,9-16,18,20-22,26H2,1-2H3,(H,48,53,55). The Balaban J connectivity index is 0.980. The van der Waals surface area contributed by atoms with E-state index in [2.05, 4.69) is 20.3 Å². The number of imide groups is 1. The normalized spacial score (nSPS) is 20.4. The minimum absolute atomic E-state index is 0.00199. The highest BCUT2D eigenvalue weighted by Crippen LogP contribution is 2.51. The molecule has 13 heteroatoms. The summed E-state index contributed by atoms with van der Waals surface area (Å²) < 4.78 is 33.9. The quantitative estimate of drug-likeness (QED) is 0.197. The number of nitrogens with one attached hydrogen (secondary N) is 2. The monoisotopic (exact) mass is 765 g/mol. The molecule has 4 amide bonds. The van der Waals surface area contributed by atoms with Crippen LogP contribution in [0.5, 0.6) is 0 Å². The van der Waals surface area contributed by atoms with Crippen molar-refractivity contribution in [2.24, 2.45) is 5.41 Å². The lowest BCUT2D eigenvalue weighted by Crippen LogP contribution is -2.42. The fraction of sp³-hybridized carbons (Fsp3) is 0.465. The van der Waals surface area contributed by atoms with E-state index in [1.165, 1.54) is 11.0 Å². The summed E-state index contributed by atoms with van der Waals surface area (Å²) in [5, 5.41) is 7.29. The highest BCUT2D eigenvalue weighted by molar-refractivity contribution is 6.01. The number of H-pyrrole nitrogens is 1. The summed E-state index contributed by atoms with van der Waals surface area (Å²) in [6.45, 7) is 2.82. The molecule has 1 aliphatic carbocycles. The van der Waals surface area contributed by atoms with Crippen LogP contribution in [-0.4, -0.2) is 88.5 Å². The van der Waals surface area contributed by atoms with Crippen molar-refractivity contribution in [3.8, 4) is 0 Å². The zero-order valence-electron chi connectivity index (χ0n) is 32.1. The van der Waals surface area contributed by atoms with E-state index in [4.69, 9.17) is 0 Å². The number of anilines is 1. The molecule has 1 spiro atoms. The van der Waals surface area contributed by atoms with Gasteiger partial charge in [0, 0.05) is 83.0 Å². The lowest BCUT2D eigenvalue weighted by Gasteiger charge is -2.47. The summed E-state index contributed by atoms with van der Waals surface area (Å²) in [6, 6.07) is 10.6. The van der Waals surface area contributed by atoms with Crippen LogP contribution in [0.1, 0.15) is 103 Å². The molecule has 1 atom stereocenters. The fourth-order valence-electron chi connectivity index (χ4n) is 9.44. The minimum atomic E-state index is -0.525. The zero-order valence-corrected chi connectivity index (χ0v) is 32.1. The molecule has 2 aromatic heterocycles. The second kappa shape index (κ2) is 15.3. The van der Waals surface area contributed by atoms with Crippen LogP contribution in [0, 0.1) is 17.0 Å². The van der Waals surface area contributed by atoms with Crippen LogP contribution in [0.25, 0.3) is 16.5 Å². The molecule has 8 rings (SSSR count). The Kier molecular flexibility index (Phi) is 10.3. The van der Waals surface area contributed by atoms with Crippen LogP contribution in [0.15, 0.2) is 54.9 Å². The molecule has 2 saturated heterocycles. The van der Waals surface area contributed by atoms with Crippen molar-refractivity contribution in [3.63, 3.8) is 0 Å². The van der Waals surface area contributed by atoms with Gasteiger partial charge >= 0.3 is 0 Å². The van der Waals surface area contributed by atoms with Gasteiger partial charge in [-0.15, -0.1) is 0 Å². The number of rotatable bonds is 8. The Hall–Kier alpha value is -5.33. The van der Waals surface area contributed by atoms with Gasteiger partial charge in [-0.2, -0.15) is 5.10 Å². The number of aromatic amines is 1. The average molecular weight is 766 g/mol. The van der Waals surface area contributed by atoms with E-state index in [1.807, 2.05) is 30.5 Å². The molecule has 11 nitrogen and oxygen atoms in total. The summed E-state index contributed by atoms with van der Waals surface area (Å²) in [5.74, 6) is -2.01. The summed E-state index contributed by atoms with van der Waals surface area (Å²) in [5.41, 5.74) is 4.20. The van der Waals surface area contributed by atoms with Crippen LogP contribution in [0.4, 0.5) is 14.5 Å². The first-order valence-electron chi connectivity index (χ1n) is 19.9. The zero-order chi connectivity index (χ0) is 39.1. The summed E-state index contributed by atoms with van der Waals surface area (Å²) in [7, 11) is 3.36. The highest BCUT2D eigenvalue weighted by atomic mass is 19.1. The van der Waals surface area contributed by atoms with E-state index >= 15 is 8.78 Å². The first-order valence-corrected chi connectivity index (χ1v) is 19.9. The van der Waals surface area contributed by atoms with Crippen LogP contribution >= 0.6 is 0 Å². The molecule has 4 aromatic rings. The van der Waals surface area contributed by atoms with Gasteiger partial charge in [-0.3, -0.25) is 29.2 Å². The number of hydrogen-bond donors (Lipinski definition) is 2. The van der Waals surface area contributed by atoms with Gasteiger partial charge in [0.25, 0.3) is 5.91 Å². The van der Waals surface area contributed by atoms with Crippen molar-refractivity contribution in [2.45, 2.75) is 82.6 Å². The second-order valence-corrected chi connectivity index (χ2v) is 16.3. The molecule has 3 aliphatic heterocycles. The fourth-order valence-corrected chi connectivity index (χ4v) is 9.44. The van der Waals surface area contributed by atoms with Gasteiger partial charge in [-0.05, 0) is 110 Å². The summed E-state index contributed by atoms with van der Waals surface area (Å²) >= 11 is 0. The van der Waals surface area contributed by atoms with Gasteiger partial charge in [0.2, 0.25) is 17.7 Å². The molecule has 0 radical (unpaired) electrons. The maximum atomic E-state index is 16.6. The Bertz CT molecular complexity index is 2190. The van der Waals surface area contributed by atoms with Gasteiger partial charge in [0.1, 0.15) is 11.5 Å². The van der Waals surface area contributed by atoms with Crippen molar-refractivity contribution >= 4 is 45.8 Å². The topological polar surface area (TPSA) is 124 Å². The van der Waals surface area contributed by atoms with E-state index in [1.54, 1.807) is 42.0 Å². The Labute approximate surface area is 325 Å². The first-order chi connectivity index (χ1) is 27.0. The maximum absolute atomic E-state index is 16.6. The molecule has 5 heterocycles. The van der Waals surface area contributed by atoms with Gasteiger partial charge in [-0.1, -0.05) is 12.1 Å². The third-order valence-corrected chi connectivity index (χ3v) is 12.7. The lowest BCUT2D eigenvalue weighted by atomic mass is 9.64. The number of benzene rings is 2. The Morgan fingerprint density at radius 1 is 1.00 bits per heavy atom. The number of nitrogens with zero attached hydrogens (tertiary/aromatic N) is 5. The molecule has 4 aliphatic rings. The number of aromatic nitrogens is 3. The van der Waals surface area contributed by atoms with Crippen LogP contribution < -0.4 is 10.2 Å². The third kappa shape index (κ3) is 7.35. The van der Waals surface area contributed by atoms with Crippen LogP contribution in [0.2, 0.25) is 0 Å². The Morgan fingerprint density at radius 2 is 1.79 bits per heavy atom. The predicted molar refractivity (Wildman–Crippen MR) is 209 cm³/mol. The van der Waals surface area contributed by atoms with Gasteiger partial charge in [0.05, 0.1) is 17.1 Å². The number of piperidine rings is 2. The SMILES string of the molecule is CN(C)C(=O)c1cc2c(C3CCC4(CC3)CCN(c3ccc(C5CCC(=O)NC5=O)cc3F)CC4)cc(C3=CCCN(C(=O)CCn4cccn4)C3)c(F)c2[nH]1. The smallest absolute Gasteiger partial charge is 0.269 e. The molecule has 2 aromatic carbocycles. The van der Waals surface area contributed by atoms with Crippen molar-refractivity contribution < 1.29 is 28.0 Å². The lowest BCUT2D eigenvalue weighted by molar-refractivity contribution is -0.134. The number of amides is 4. The largest absolute Gasteiger partial charge is 0.369 e. The molecule has 0 bridgehead atoms. The maximum Gasteiger partial charge on any atom is 0.269 e. The number of carbonyl (C=O) groups excluding carboxylic acids is 4. The van der Waals surface area contributed by atoms with Crippen molar-refractivity contribution in [3.05, 3.63) is 88.9 Å². The number of carbonyl (C=O) groups is 4. The molecule has 2 N–H and O–H groups in total. The van der Waals surface area contributed by atoms with Crippen molar-refractivity contribution in [1.82, 2.24) is 29.9 Å². The van der Waals surface area contributed by atoms with E-state index in [0.717, 1.165) is 68.1 Å². The number of fused-ring (bicyclic) bond motifs is 1. The number of hydrogen-bond acceptors (Lipinski definition) is 6. The summed E-state index contributed by atoms with van der Waals surface area (Å²) in [6.07, 6.45) is 12.8.